The third-order valence-corrected chi connectivity index (χ3v) is 5.79. The van der Waals surface area contributed by atoms with Gasteiger partial charge in [-0.25, -0.2) is 0 Å². The maximum atomic E-state index is 13.0. The average molecular weight is 438 g/mol. The highest BCUT2D eigenvalue weighted by Gasteiger charge is 2.37. The molecule has 0 aromatic heterocycles. The van der Waals surface area contributed by atoms with Crippen LogP contribution in [0.15, 0.2) is 54.6 Å². The summed E-state index contributed by atoms with van der Waals surface area (Å²) >= 11 is 0. The summed E-state index contributed by atoms with van der Waals surface area (Å²) < 4.78 is 5.16. The maximum absolute atomic E-state index is 13.0. The van der Waals surface area contributed by atoms with E-state index in [9.17, 15) is 14.4 Å². The molecule has 2 aromatic rings. The van der Waals surface area contributed by atoms with Gasteiger partial charge in [0.15, 0.2) is 0 Å². The lowest BCUT2D eigenvalue weighted by Crippen LogP contribution is -2.51. The van der Waals surface area contributed by atoms with Gasteiger partial charge in [0.1, 0.15) is 11.8 Å². The minimum Gasteiger partial charge on any atom is -0.497 e. The molecule has 1 aliphatic heterocycles. The fourth-order valence-electron chi connectivity index (χ4n) is 3.83. The first kappa shape index (κ1) is 23.3. The Labute approximate surface area is 189 Å². The number of hydrogen-bond acceptors (Lipinski definition) is 4. The zero-order valence-electron chi connectivity index (χ0n) is 19.0. The molecule has 2 aromatic carbocycles. The summed E-state index contributed by atoms with van der Waals surface area (Å²) in [6.07, 6.45) is 0.116. The Morgan fingerprint density at radius 2 is 1.66 bits per heavy atom. The molecule has 1 saturated heterocycles. The van der Waals surface area contributed by atoms with Crippen LogP contribution in [0.25, 0.3) is 0 Å². The standard InChI is InChI=1S/C25H31N3O4/c1-16(2)23(25(31)26-17(3)18-8-6-5-7-9-18)27-24(30)19-14-22(29)28(15-19)20-10-12-21(32-4)13-11-20/h5-13,16-17,19,23H,14-15H2,1-4H3,(H,26,31)(H,27,30)/t17?,19?,23-/m0/s1. The van der Waals surface area contributed by atoms with E-state index in [1.54, 1.807) is 36.3 Å². The number of amides is 3. The second-order valence-electron chi connectivity index (χ2n) is 8.47. The van der Waals surface area contributed by atoms with Gasteiger partial charge in [-0.1, -0.05) is 44.2 Å². The highest BCUT2D eigenvalue weighted by atomic mass is 16.5. The van der Waals surface area contributed by atoms with Gasteiger partial charge in [-0.05, 0) is 42.7 Å². The molecule has 1 aliphatic rings. The van der Waals surface area contributed by atoms with E-state index >= 15 is 0 Å². The SMILES string of the molecule is COc1ccc(N2CC(C(=O)N[C@H](C(=O)NC(C)c3ccccc3)C(C)C)CC2=O)cc1. The van der Waals surface area contributed by atoms with Gasteiger partial charge in [0.25, 0.3) is 0 Å². The summed E-state index contributed by atoms with van der Waals surface area (Å²) in [6, 6.07) is 16.0. The van der Waals surface area contributed by atoms with Gasteiger partial charge in [-0.15, -0.1) is 0 Å². The van der Waals surface area contributed by atoms with Gasteiger partial charge in [0.05, 0.1) is 19.1 Å². The minimum atomic E-state index is -0.682. The number of carbonyl (C=O) groups excluding carboxylic acids is 3. The van der Waals surface area contributed by atoms with Crippen LogP contribution in [0.2, 0.25) is 0 Å². The molecule has 2 unspecified atom stereocenters. The summed E-state index contributed by atoms with van der Waals surface area (Å²) in [5.41, 5.74) is 1.71. The van der Waals surface area contributed by atoms with Crippen molar-refractivity contribution in [3.63, 3.8) is 0 Å². The number of methoxy groups -OCH3 is 1. The van der Waals surface area contributed by atoms with Gasteiger partial charge in [0.2, 0.25) is 17.7 Å². The molecule has 7 nitrogen and oxygen atoms in total. The average Bonchev–Trinajstić information content (AvgIpc) is 3.19. The topological polar surface area (TPSA) is 87.7 Å². The van der Waals surface area contributed by atoms with Crippen molar-refractivity contribution in [2.45, 2.75) is 39.3 Å². The van der Waals surface area contributed by atoms with E-state index < -0.39 is 12.0 Å². The molecule has 3 rings (SSSR count). The molecule has 0 bridgehead atoms. The van der Waals surface area contributed by atoms with Crippen molar-refractivity contribution in [1.82, 2.24) is 10.6 Å². The number of ether oxygens (including phenoxy) is 1. The van der Waals surface area contributed by atoms with Crippen molar-refractivity contribution in [3.05, 3.63) is 60.2 Å². The number of nitrogens with one attached hydrogen (secondary N) is 2. The van der Waals surface area contributed by atoms with E-state index in [-0.39, 0.29) is 42.6 Å². The molecule has 170 valence electrons. The quantitative estimate of drug-likeness (QED) is 0.664. The number of rotatable bonds is 8. The van der Waals surface area contributed by atoms with Crippen LogP contribution >= 0.6 is 0 Å². The Kier molecular flexibility index (Phi) is 7.51. The predicted octanol–water partition coefficient (Wildman–Crippen LogP) is 3.07. The summed E-state index contributed by atoms with van der Waals surface area (Å²) in [4.78, 5) is 40.0. The first-order chi connectivity index (χ1) is 15.3. The number of hydrogen-bond donors (Lipinski definition) is 2. The second-order valence-corrected chi connectivity index (χ2v) is 8.47. The first-order valence-electron chi connectivity index (χ1n) is 10.9. The molecule has 0 spiro atoms. The molecule has 3 atom stereocenters. The van der Waals surface area contributed by atoms with Gasteiger partial charge < -0.3 is 20.3 Å². The molecule has 0 saturated carbocycles. The molecule has 7 heteroatoms. The Balaban J connectivity index is 1.63. The number of nitrogens with zero attached hydrogens (tertiary/aromatic N) is 1. The zero-order valence-corrected chi connectivity index (χ0v) is 19.0. The Bertz CT molecular complexity index is 943. The van der Waals surface area contributed by atoms with Crippen molar-refractivity contribution in [3.8, 4) is 5.75 Å². The van der Waals surface area contributed by atoms with Crippen LogP contribution in [0, 0.1) is 11.8 Å². The van der Waals surface area contributed by atoms with Crippen LogP contribution in [0.3, 0.4) is 0 Å². The fourth-order valence-corrected chi connectivity index (χ4v) is 3.83. The number of carbonyl (C=O) groups is 3. The van der Waals surface area contributed by atoms with E-state index in [0.717, 1.165) is 11.3 Å². The largest absolute Gasteiger partial charge is 0.497 e. The fraction of sp³-hybridized carbons (Fsp3) is 0.400. The van der Waals surface area contributed by atoms with E-state index in [1.165, 1.54) is 0 Å². The zero-order chi connectivity index (χ0) is 23.3. The number of benzene rings is 2. The van der Waals surface area contributed by atoms with Crippen LogP contribution in [0.5, 0.6) is 5.75 Å². The molecular formula is C25H31N3O4. The summed E-state index contributed by atoms with van der Waals surface area (Å²) in [5, 5.41) is 5.86. The molecule has 0 radical (unpaired) electrons. The van der Waals surface area contributed by atoms with Crippen LogP contribution in [0.4, 0.5) is 5.69 Å². The highest BCUT2D eigenvalue weighted by molar-refractivity contribution is 6.01. The second kappa shape index (κ2) is 10.3. The van der Waals surface area contributed by atoms with Gasteiger partial charge in [-0.2, -0.15) is 0 Å². The molecule has 1 heterocycles. The van der Waals surface area contributed by atoms with Crippen LogP contribution < -0.4 is 20.3 Å². The van der Waals surface area contributed by atoms with Crippen LogP contribution in [0.1, 0.15) is 38.8 Å². The molecule has 0 aliphatic carbocycles. The third kappa shape index (κ3) is 5.46. The first-order valence-corrected chi connectivity index (χ1v) is 10.9. The van der Waals surface area contributed by atoms with Gasteiger partial charge in [-0.3, -0.25) is 14.4 Å². The van der Waals surface area contributed by atoms with E-state index in [2.05, 4.69) is 10.6 Å². The predicted molar refractivity (Wildman–Crippen MR) is 123 cm³/mol. The normalized spacial score (nSPS) is 17.7. The molecule has 32 heavy (non-hydrogen) atoms. The third-order valence-electron chi connectivity index (χ3n) is 5.79. The Morgan fingerprint density at radius 3 is 2.25 bits per heavy atom. The van der Waals surface area contributed by atoms with Crippen molar-refractivity contribution >= 4 is 23.4 Å². The summed E-state index contributed by atoms with van der Waals surface area (Å²) in [6.45, 7) is 5.97. The van der Waals surface area contributed by atoms with E-state index in [4.69, 9.17) is 4.74 Å². The monoisotopic (exact) mass is 437 g/mol. The highest BCUT2D eigenvalue weighted by Crippen LogP contribution is 2.27. The van der Waals surface area contributed by atoms with Crippen molar-refractivity contribution in [1.29, 1.82) is 0 Å². The minimum absolute atomic E-state index is 0.100. The van der Waals surface area contributed by atoms with Gasteiger partial charge in [0, 0.05) is 18.7 Å². The summed E-state index contributed by atoms with van der Waals surface area (Å²) in [5.74, 6) is -0.540. The molecule has 2 N–H and O–H groups in total. The Hall–Kier alpha value is -3.35. The van der Waals surface area contributed by atoms with Crippen LogP contribution in [-0.2, 0) is 14.4 Å². The maximum Gasteiger partial charge on any atom is 0.243 e. The lowest BCUT2D eigenvalue weighted by Gasteiger charge is -2.25. The molecular weight excluding hydrogens is 406 g/mol. The number of anilines is 1. The van der Waals surface area contributed by atoms with Crippen LogP contribution in [-0.4, -0.2) is 37.4 Å². The lowest BCUT2D eigenvalue weighted by molar-refractivity contribution is -0.132. The van der Waals surface area contributed by atoms with Crippen molar-refractivity contribution < 1.29 is 19.1 Å². The summed E-state index contributed by atoms with van der Waals surface area (Å²) in [7, 11) is 1.58. The van der Waals surface area contributed by atoms with Crippen molar-refractivity contribution in [2.75, 3.05) is 18.6 Å². The van der Waals surface area contributed by atoms with E-state index in [0.29, 0.717) is 5.75 Å². The van der Waals surface area contributed by atoms with Gasteiger partial charge >= 0.3 is 0 Å². The molecule has 3 amide bonds. The Morgan fingerprint density at radius 1 is 1.00 bits per heavy atom. The van der Waals surface area contributed by atoms with Crippen molar-refractivity contribution in [2.24, 2.45) is 11.8 Å². The molecule has 1 fully saturated rings. The lowest BCUT2D eigenvalue weighted by atomic mass is 10.00. The van der Waals surface area contributed by atoms with E-state index in [1.807, 2.05) is 51.1 Å². The smallest absolute Gasteiger partial charge is 0.243 e.